The Morgan fingerprint density at radius 3 is 2.30 bits per heavy atom. The summed E-state index contributed by atoms with van der Waals surface area (Å²) in [5.41, 5.74) is -2.41. The molecule has 1 amide bonds. The monoisotopic (exact) mass is 487 g/mol. The van der Waals surface area contributed by atoms with Gasteiger partial charge < -0.3 is 9.84 Å². The van der Waals surface area contributed by atoms with Gasteiger partial charge in [0.05, 0.1) is 16.8 Å². The van der Waals surface area contributed by atoms with Gasteiger partial charge in [-0.3, -0.25) is 4.90 Å². The first-order valence-corrected chi connectivity index (χ1v) is 10.8. The van der Waals surface area contributed by atoms with Crippen LogP contribution < -0.4 is 4.74 Å². The summed E-state index contributed by atoms with van der Waals surface area (Å²) in [6, 6.07) is 5.05. The number of aromatic nitrogens is 2. The summed E-state index contributed by atoms with van der Waals surface area (Å²) in [5, 5.41) is 9.81. The number of benzene rings is 1. The average molecular weight is 488 g/mol. The SMILES string of the molecule is CC(C)CC(C)(COc1ccc(-c2ccnc(Cl)n2)cc1C(F)(F)F)N(C(=O)O)C(C)(C)C. The molecule has 6 nitrogen and oxygen atoms in total. The summed E-state index contributed by atoms with van der Waals surface area (Å²) in [6.07, 6.45) is -4.11. The molecule has 0 aliphatic heterocycles. The number of carbonyl (C=O) groups is 1. The Morgan fingerprint density at radius 1 is 1.18 bits per heavy atom. The molecule has 1 atom stereocenters. The maximum absolute atomic E-state index is 13.9. The van der Waals surface area contributed by atoms with E-state index in [1.807, 2.05) is 13.8 Å². The van der Waals surface area contributed by atoms with Crippen LogP contribution in [0.25, 0.3) is 11.3 Å². The zero-order valence-corrected chi connectivity index (χ0v) is 20.3. The lowest BCUT2D eigenvalue weighted by Crippen LogP contribution is -2.61. The third kappa shape index (κ3) is 6.72. The van der Waals surface area contributed by atoms with E-state index in [1.165, 1.54) is 29.3 Å². The zero-order chi connectivity index (χ0) is 25.2. The molecule has 0 bridgehead atoms. The van der Waals surface area contributed by atoms with Crippen LogP contribution in [0.1, 0.15) is 53.5 Å². The Kier molecular flexibility index (Phi) is 7.89. The largest absolute Gasteiger partial charge is 0.491 e. The maximum Gasteiger partial charge on any atom is 0.419 e. The van der Waals surface area contributed by atoms with Crippen LogP contribution in [0, 0.1) is 5.92 Å². The lowest BCUT2D eigenvalue weighted by atomic mass is 9.86. The highest BCUT2D eigenvalue weighted by Crippen LogP contribution is 2.40. The highest BCUT2D eigenvalue weighted by Gasteiger charge is 2.44. The van der Waals surface area contributed by atoms with Crippen LogP contribution in [0.2, 0.25) is 5.28 Å². The number of alkyl halides is 3. The van der Waals surface area contributed by atoms with Gasteiger partial charge in [0.15, 0.2) is 0 Å². The highest BCUT2D eigenvalue weighted by molar-refractivity contribution is 6.28. The van der Waals surface area contributed by atoms with E-state index >= 15 is 0 Å². The molecule has 0 radical (unpaired) electrons. The van der Waals surface area contributed by atoms with Crippen LogP contribution in [-0.4, -0.2) is 43.8 Å². The molecule has 2 aromatic rings. The van der Waals surface area contributed by atoms with Gasteiger partial charge in [-0.15, -0.1) is 0 Å². The topological polar surface area (TPSA) is 75.6 Å². The maximum atomic E-state index is 13.9. The molecule has 182 valence electrons. The normalized spacial score (nSPS) is 14.2. The van der Waals surface area contributed by atoms with Gasteiger partial charge in [-0.1, -0.05) is 13.8 Å². The van der Waals surface area contributed by atoms with Gasteiger partial charge in [0.2, 0.25) is 5.28 Å². The van der Waals surface area contributed by atoms with E-state index in [9.17, 15) is 23.1 Å². The van der Waals surface area contributed by atoms with E-state index in [-0.39, 0.29) is 34.8 Å². The summed E-state index contributed by atoms with van der Waals surface area (Å²) in [4.78, 5) is 21.1. The van der Waals surface area contributed by atoms with Crippen molar-refractivity contribution in [2.45, 2.75) is 65.2 Å². The first kappa shape index (κ1) is 26.7. The predicted octanol–water partition coefficient (Wildman–Crippen LogP) is 6.78. The highest BCUT2D eigenvalue weighted by atomic mass is 35.5. The lowest BCUT2D eigenvalue weighted by molar-refractivity contribution is -0.139. The van der Waals surface area contributed by atoms with Crippen molar-refractivity contribution in [1.82, 2.24) is 14.9 Å². The second kappa shape index (κ2) is 9.75. The molecule has 1 heterocycles. The second-order valence-corrected chi connectivity index (χ2v) is 9.93. The number of amides is 1. The first-order valence-electron chi connectivity index (χ1n) is 10.4. The van der Waals surface area contributed by atoms with E-state index in [0.29, 0.717) is 6.42 Å². The molecule has 1 aromatic carbocycles. The minimum absolute atomic E-state index is 0.0785. The van der Waals surface area contributed by atoms with Crippen LogP contribution >= 0.6 is 11.6 Å². The van der Waals surface area contributed by atoms with Crippen molar-refractivity contribution in [3.05, 3.63) is 41.3 Å². The molecule has 0 aliphatic rings. The van der Waals surface area contributed by atoms with E-state index in [2.05, 4.69) is 9.97 Å². The van der Waals surface area contributed by atoms with E-state index < -0.39 is 28.9 Å². The minimum Gasteiger partial charge on any atom is -0.491 e. The van der Waals surface area contributed by atoms with Gasteiger partial charge in [-0.25, -0.2) is 14.8 Å². The molecule has 0 spiro atoms. The smallest absolute Gasteiger partial charge is 0.419 e. The number of rotatable bonds is 7. The molecule has 0 saturated carbocycles. The first-order chi connectivity index (χ1) is 15.0. The Bertz CT molecular complexity index is 993. The van der Waals surface area contributed by atoms with Gasteiger partial charge in [0, 0.05) is 17.3 Å². The molecule has 0 aliphatic carbocycles. The van der Waals surface area contributed by atoms with Crippen LogP contribution in [0.3, 0.4) is 0 Å². The zero-order valence-electron chi connectivity index (χ0n) is 19.5. The van der Waals surface area contributed by atoms with Crippen molar-refractivity contribution < 1.29 is 27.8 Å². The van der Waals surface area contributed by atoms with Crippen LogP contribution in [0.4, 0.5) is 18.0 Å². The fraction of sp³-hybridized carbons (Fsp3) is 0.522. The van der Waals surface area contributed by atoms with Gasteiger partial charge in [-0.2, -0.15) is 13.2 Å². The minimum atomic E-state index is -4.70. The molecular formula is C23H29ClF3N3O3. The number of ether oxygens (including phenoxy) is 1. The summed E-state index contributed by atoms with van der Waals surface area (Å²) >= 11 is 5.77. The van der Waals surface area contributed by atoms with Crippen molar-refractivity contribution >= 4 is 17.7 Å². The van der Waals surface area contributed by atoms with Crippen molar-refractivity contribution in [1.29, 1.82) is 0 Å². The van der Waals surface area contributed by atoms with Crippen LogP contribution in [-0.2, 0) is 6.18 Å². The van der Waals surface area contributed by atoms with Crippen LogP contribution in [0.5, 0.6) is 5.75 Å². The molecule has 33 heavy (non-hydrogen) atoms. The Hall–Kier alpha value is -2.55. The standard InChI is InChI=1S/C23H29ClF3N3O3/c1-14(2)12-22(6,30(20(31)32)21(3,4)5)13-33-18-8-7-15(11-16(18)23(25,26)27)17-9-10-28-19(24)29-17/h7-11,14H,12-13H2,1-6H3,(H,31,32). The summed E-state index contributed by atoms with van der Waals surface area (Å²) < 4.78 is 47.3. The van der Waals surface area contributed by atoms with E-state index in [1.54, 1.807) is 27.7 Å². The second-order valence-electron chi connectivity index (χ2n) is 9.59. The molecule has 0 fully saturated rings. The van der Waals surface area contributed by atoms with Crippen LogP contribution in [0.15, 0.2) is 30.5 Å². The molecule has 10 heteroatoms. The average Bonchev–Trinajstić information content (AvgIpc) is 2.63. The number of nitrogens with zero attached hydrogens (tertiary/aromatic N) is 3. The Labute approximate surface area is 196 Å². The third-order valence-corrected chi connectivity index (χ3v) is 5.18. The van der Waals surface area contributed by atoms with Gasteiger partial charge in [-0.05, 0) is 75.9 Å². The number of carboxylic acid groups (broad SMARTS) is 1. The summed E-state index contributed by atoms with van der Waals surface area (Å²) in [6.45, 7) is 10.5. The van der Waals surface area contributed by atoms with Crippen molar-refractivity contribution in [2.24, 2.45) is 5.92 Å². The van der Waals surface area contributed by atoms with Gasteiger partial charge >= 0.3 is 12.3 Å². The van der Waals surface area contributed by atoms with Crippen molar-refractivity contribution in [3.8, 4) is 17.0 Å². The van der Waals surface area contributed by atoms with Crippen molar-refractivity contribution in [2.75, 3.05) is 6.61 Å². The molecule has 0 saturated heterocycles. The Morgan fingerprint density at radius 2 is 1.82 bits per heavy atom. The number of halogens is 4. The number of hydrogen-bond donors (Lipinski definition) is 1. The molecule has 1 aromatic heterocycles. The third-order valence-electron chi connectivity index (χ3n) is 5.00. The molecular weight excluding hydrogens is 459 g/mol. The molecule has 2 rings (SSSR count). The number of hydrogen-bond acceptors (Lipinski definition) is 4. The quantitative estimate of drug-likeness (QED) is 0.436. The summed E-state index contributed by atoms with van der Waals surface area (Å²) in [5.74, 6) is -0.310. The molecule has 1 N–H and O–H groups in total. The fourth-order valence-corrected chi connectivity index (χ4v) is 4.33. The lowest BCUT2D eigenvalue weighted by Gasteiger charge is -2.47. The fourth-order valence-electron chi connectivity index (χ4n) is 4.19. The Balaban J connectivity index is 2.47. The summed E-state index contributed by atoms with van der Waals surface area (Å²) in [7, 11) is 0. The predicted molar refractivity (Wildman–Crippen MR) is 120 cm³/mol. The van der Waals surface area contributed by atoms with E-state index in [0.717, 1.165) is 6.07 Å². The van der Waals surface area contributed by atoms with Gasteiger partial charge in [0.1, 0.15) is 12.4 Å². The van der Waals surface area contributed by atoms with E-state index in [4.69, 9.17) is 16.3 Å². The van der Waals surface area contributed by atoms with Crippen molar-refractivity contribution in [3.63, 3.8) is 0 Å². The van der Waals surface area contributed by atoms with Gasteiger partial charge in [0.25, 0.3) is 0 Å². The molecule has 1 unspecified atom stereocenters.